The Morgan fingerprint density at radius 3 is 2.64 bits per heavy atom. The van der Waals surface area contributed by atoms with Crippen LogP contribution in [0.25, 0.3) is 0 Å². The van der Waals surface area contributed by atoms with Crippen molar-refractivity contribution in [2.75, 3.05) is 11.9 Å². The van der Waals surface area contributed by atoms with Gasteiger partial charge in [-0.05, 0) is 44.1 Å². The van der Waals surface area contributed by atoms with Crippen molar-refractivity contribution in [2.24, 2.45) is 5.92 Å². The number of anilines is 1. The Bertz CT molecular complexity index is 693. The quantitative estimate of drug-likeness (QED) is 0.648. The lowest BCUT2D eigenvalue weighted by Crippen LogP contribution is -2.27. The molecule has 0 bridgehead atoms. The Balaban J connectivity index is 1.92. The minimum absolute atomic E-state index is 0.0328. The molecule has 0 aromatic carbocycles. The molecule has 0 radical (unpaired) electrons. The van der Waals surface area contributed by atoms with Gasteiger partial charge in [0.1, 0.15) is 5.00 Å². The van der Waals surface area contributed by atoms with Crippen molar-refractivity contribution in [2.45, 2.75) is 57.8 Å². The number of fused-ring (bicyclic) bond motifs is 1. The normalized spacial score (nSPS) is 19.2. The molecule has 7 heteroatoms. The van der Waals surface area contributed by atoms with Crippen LogP contribution >= 0.6 is 11.3 Å². The standard InChI is InChI=1S/C18H24N2O4S/c1-2-3-9-19-16(22)13-11-5-4-6-12(18(23)24)14(11)25-17(13)20-15(21)10-7-8-10/h10,12H,2-9H2,1H3,(H,19,22)(H,20,21)(H,23,24). The van der Waals surface area contributed by atoms with Crippen LogP contribution in [0.3, 0.4) is 0 Å². The summed E-state index contributed by atoms with van der Waals surface area (Å²) in [4.78, 5) is 37.2. The molecule has 1 unspecified atom stereocenters. The molecule has 1 aromatic heterocycles. The molecule has 136 valence electrons. The Morgan fingerprint density at radius 1 is 1.24 bits per heavy atom. The van der Waals surface area contributed by atoms with Gasteiger partial charge in [-0.2, -0.15) is 0 Å². The van der Waals surface area contributed by atoms with Gasteiger partial charge in [0.15, 0.2) is 0 Å². The van der Waals surface area contributed by atoms with Crippen LogP contribution in [-0.4, -0.2) is 29.4 Å². The van der Waals surface area contributed by atoms with Gasteiger partial charge in [-0.15, -0.1) is 11.3 Å². The smallest absolute Gasteiger partial charge is 0.311 e. The van der Waals surface area contributed by atoms with E-state index in [0.29, 0.717) is 30.0 Å². The number of thiophene rings is 1. The van der Waals surface area contributed by atoms with E-state index in [0.717, 1.165) is 42.5 Å². The molecule has 1 aromatic rings. The Kier molecular flexibility index (Phi) is 5.42. The van der Waals surface area contributed by atoms with Crippen LogP contribution in [0.1, 0.15) is 72.2 Å². The highest BCUT2D eigenvalue weighted by atomic mass is 32.1. The van der Waals surface area contributed by atoms with Gasteiger partial charge in [-0.1, -0.05) is 13.3 Å². The van der Waals surface area contributed by atoms with E-state index in [-0.39, 0.29) is 17.7 Å². The van der Waals surface area contributed by atoms with E-state index in [1.165, 1.54) is 11.3 Å². The first-order chi connectivity index (χ1) is 12.0. The van der Waals surface area contributed by atoms with E-state index in [2.05, 4.69) is 17.6 Å². The van der Waals surface area contributed by atoms with Crippen LogP contribution in [0.15, 0.2) is 0 Å². The average molecular weight is 364 g/mol. The number of nitrogens with one attached hydrogen (secondary N) is 2. The number of rotatable bonds is 7. The fourth-order valence-electron chi connectivity index (χ4n) is 3.22. The molecule has 1 saturated carbocycles. The topological polar surface area (TPSA) is 95.5 Å². The summed E-state index contributed by atoms with van der Waals surface area (Å²) in [6.45, 7) is 2.63. The van der Waals surface area contributed by atoms with Crippen LogP contribution < -0.4 is 10.6 Å². The van der Waals surface area contributed by atoms with Gasteiger partial charge in [0, 0.05) is 17.3 Å². The van der Waals surface area contributed by atoms with Gasteiger partial charge in [0.2, 0.25) is 5.91 Å². The van der Waals surface area contributed by atoms with Gasteiger partial charge < -0.3 is 15.7 Å². The molecule has 1 heterocycles. The molecule has 0 saturated heterocycles. The van der Waals surface area contributed by atoms with Crippen LogP contribution in [0.5, 0.6) is 0 Å². The van der Waals surface area contributed by atoms with Gasteiger partial charge in [0.05, 0.1) is 11.5 Å². The van der Waals surface area contributed by atoms with E-state index in [9.17, 15) is 19.5 Å². The van der Waals surface area contributed by atoms with Gasteiger partial charge >= 0.3 is 5.97 Å². The largest absolute Gasteiger partial charge is 0.481 e. The van der Waals surface area contributed by atoms with Crippen LogP contribution in [0.4, 0.5) is 5.00 Å². The minimum atomic E-state index is -0.861. The minimum Gasteiger partial charge on any atom is -0.481 e. The monoisotopic (exact) mass is 364 g/mol. The number of aliphatic carboxylic acids is 1. The zero-order chi connectivity index (χ0) is 18.0. The average Bonchev–Trinajstić information content (AvgIpc) is 3.36. The van der Waals surface area contributed by atoms with Gasteiger partial charge in [-0.3, -0.25) is 14.4 Å². The maximum Gasteiger partial charge on any atom is 0.311 e. The second kappa shape index (κ2) is 7.56. The molecule has 6 nitrogen and oxygen atoms in total. The SMILES string of the molecule is CCCCNC(=O)c1c(NC(=O)C2CC2)sc2c1CCCC2C(=O)O. The highest BCUT2D eigenvalue weighted by Gasteiger charge is 2.36. The van der Waals surface area contributed by atoms with E-state index >= 15 is 0 Å². The Hall–Kier alpha value is -1.89. The fourth-order valence-corrected chi connectivity index (χ4v) is 4.59. The Morgan fingerprint density at radius 2 is 2.00 bits per heavy atom. The molecule has 1 atom stereocenters. The highest BCUT2D eigenvalue weighted by Crippen LogP contribution is 2.44. The van der Waals surface area contributed by atoms with Crippen molar-refractivity contribution in [3.05, 3.63) is 16.0 Å². The highest BCUT2D eigenvalue weighted by molar-refractivity contribution is 7.17. The first-order valence-electron chi connectivity index (χ1n) is 9.00. The molecule has 3 N–H and O–H groups in total. The molecule has 0 aliphatic heterocycles. The molecule has 0 spiro atoms. The van der Waals surface area contributed by atoms with E-state index in [1.807, 2.05) is 0 Å². The van der Waals surface area contributed by atoms with Crippen molar-refractivity contribution < 1.29 is 19.5 Å². The number of unbranched alkanes of at least 4 members (excludes halogenated alkanes) is 1. The Labute approximate surface area is 151 Å². The van der Waals surface area contributed by atoms with Gasteiger partial charge in [-0.25, -0.2) is 0 Å². The molecule has 2 aliphatic carbocycles. The lowest BCUT2D eigenvalue weighted by atomic mass is 9.87. The molecular formula is C18H24N2O4S. The summed E-state index contributed by atoms with van der Waals surface area (Å²) in [5.74, 6) is -1.68. The summed E-state index contributed by atoms with van der Waals surface area (Å²) in [7, 11) is 0. The first-order valence-corrected chi connectivity index (χ1v) is 9.82. The number of hydrogen-bond acceptors (Lipinski definition) is 4. The number of hydrogen-bond donors (Lipinski definition) is 3. The zero-order valence-electron chi connectivity index (χ0n) is 14.4. The van der Waals surface area contributed by atoms with E-state index in [1.54, 1.807) is 0 Å². The van der Waals surface area contributed by atoms with Crippen LogP contribution in [-0.2, 0) is 16.0 Å². The number of amides is 2. The van der Waals surface area contributed by atoms with Crippen molar-refractivity contribution in [1.29, 1.82) is 0 Å². The van der Waals surface area contributed by atoms with Crippen molar-refractivity contribution in [3.8, 4) is 0 Å². The maximum atomic E-state index is 12.7. The predicted molar refractivity (Wildman–Crippen MR) is 96.2 cm³/mol. The second-order valence-electron chi connectivity index (χ2n) is 6.81. The maximum absolute atomic E-state index is 12.7. The lowest BCUT2D eigenvalue weighted by molar-refractivity contribution is -0.139. The third kappa shape index (κ3) is 3.86. The number of carboxylic acid groups (broad SMARTS) is 1. The zero-order valence-corrected chi connectivity index (χ0v) is 15.2. The predicted octanol–water partition coefficient (Wildman–Crippen LogP) is 3.13. The lowest BCUT2D eigenvalue weighted by Gasteiger charge is -2.19. The number of carbonyl (C=O) groups excluding carboxylic acids is 2. The first kappa shape index (κ1) is 17.9. The summed E-state index contributed by atoms with van der Waals surface area (Å²) in [5, 5.41) is 15.8. The third-order valence-corrected chi connectivity index (χ3v) is 6.06. The number of carbonyl (C=O) groups is 3. The summed E-state index contributed by atoms with van der Waals surface area (Å²) >= 11 is 1.27. The van der Waals surface area contributed by atoms with Crippen molar-refractivity contribution >= 4 is 34.1 Å². The second-order valence-corrected chi connectivity index (χ2v) is 7.86. The van der Waals surface area contributed by atoms with E-state index in [4.69, 9.17) is 0 Å². The number of carboxylic acids is 1. The summed E-state index contributed by atoms with van der Waals surface area (Å²) in [6.07, 6.45) is 5.64. The fraction of sp³-hybridized carbons (Fsp3) is 0.611. The van der Waals surface area contributed by atoms with Gasteiger partial charge in [0.25, 0.3) is 5.91 Å². The van der Waals surface area contributed by atoms with E-state index < -0.39 is 11.9 Å². The van der Waals surface area contributed by atoms with Crippen molar-refractivity contribution in [3.63, 3.8) is 0 Å². The third-order valence-electron chi connectivity index (χ3n) is 4.80. The molecule has 25 heavy (non-hydrogen) atoms. The summed E-state index contributed by atoms with van der Waals surface area (Å²) in [5.41, 5.74) is 1.29. The summed E-state index contributed by atoms with van der Waals surface area (Å²) < 4.78 is 0. The molecule has 3 rings (SSSR count). The summed E-state index contributed by atoms with van der Waals surface area (Å²) in [6, 6.07) is 0. The van der Waals surface area contributed by atoms with Crippen LogP contribution in [0.2, 0.25) is 0 Å². The molecule has 2 amide bonds. The molecule has 1 fully saturated rings. The van der Waals surface area contributed by atoms with Crippen LogP contribution in [0, 0.1) is 5.92 Å². The molecular weight excluding hydrogens is 340 g/mol. The van der Waals surface area contributed by atoms with Crippen molar-refractivity contribution in [1.82, 2.24) is 5.32 Å². The molecule has 2 aliphatic rings.